The number of amides is 1. The van der Waals surface area contributed by atoms with Crippen molar-refractivity contribution in [2.75, 3.05) is 20.2 Å². The number of aliphatic hydroxyl groups excluding tert-OH is 1. The molecule has 0 radical (unpaired) electrons. The minimum atomic E-state index is -0.523. The van der Waals surface area contributed by atoms with E-state index in [1.165, 1.54) is 13.4 Å². The van der Waals surface area contributed by atoms with Gasteiger partial charge in [-0.2, -0.15) is 0 Å². The van der Waals surface area contributed by atoms with Crippen molar-refractivity contribution in [2.45, 2.75) is 75.6 Å². The number of likely N-dealkylation sites (tertiary alicyclic amines) is 2. The molecule has 1 amide bonds. The van der Waals surface area contributed by atoms with E-state index in [0.29, 0.717) is 12.4 Å². The summed E-state index contributed by atoms with van der Waals surface area (Å²) >= 11 is 0. The number of aliphatic hydroxyl groups is 1. The molecule has 1 aliphatic carbocycles. The van der Waals surface area contributed by atoms with Crippen LogP contribution in [0.15, 0.2) is 10.7 Å². The summed E-state index contributed by atoms with van der Waals surface area (Å²) in [6, 6.07) is 0.239. The van der Waals surface area contributed by atoms with Gasteiger partial charge in [-0.1, -0.05) is 0 Å². The molecule has 8 nitrogen and oxygen atoms in total. The maximum absolute atomic E-state index is 13.6. The second kappa shape index (κ2) is 7.83. The highest BCUT2D eigenvalue weighted by atomic mass is 16.5. The highest BCUT2D eigenvalue weighted by molar-refractivity contribution is 5.88. The fourth-order valence-electron chi connectivity index (χ4n) is 5.17. The molecule has 28 heavy (non-hydrogen) atoms. The molecule has 1 aromatic rings. The lowest BCUT2D eigenvalue weighted by Gasteiger charge is -2.48. The third-order valence-corrected chi connectivity index (χ3v) is 6.65. The lowest BCUT2D eigenvalue weighted by molar-refractivity contribution is -0.152. The standard InChI is InChI=1S/C20H29N3O5/c1-27-18(25)16-13-28-17(21-16)12-22-10-2-8-20(22)9-3-11-23(19(20)26)14-4-6-15(24)7-5-14/h13-15,24H,2-12H2,1H3. The molecule has 0 aromatic carbocycles. The summed E-state index contributed by atoms with van der Waals surface area (Å²) in [4.78, 5) is 33.7. The van der Waals surface area contributed by atoms with Gasteiger partial charge in [0.05, 0.1) is 19.8 Å². The summed E-state index contributed by atoms with van der Waals surface area (Å²) in [6.45, 7) is 2.04. The Balaban J connectivity index is 1.49. The van der Waals surface area contributed by atoms with Crippen molar-refractivity contribution >= 4 is 11.9 Å². The molecule has 0 bridgehead atoms. The van der Waals surface area contributed by atoms with Gasteiger partial charge < -0.3 is 19.2 Å². The number of esters is 1. The molecule has 2 saturated heterocycles. The first-order valence-corrected chi connectivity index (χ1v) is 10.3. The van der Waals surface area contributed by atoms with E-state index in [9.17, 15) is 14.7 Å². The lowest BCUT2D eigenvalue weighted by Crippen LogP contribution is -2.62. The van der Waals surface area contributed by atoms with Crippen molar-refractivity contribution in [1.29, 1.82) is 0 Å². The highest BCUT2D eigenvalue weighted by Crippen LogP contribution is 2.41. The molecule has 4 rings (SSSR count). The molecule has 8 heteroatoms. The molecule has 154 valence electrons. The number of aromatic nitrogens is 1. The van der Waals surface area contributed by atoms with Gasteiger partial charge >= 0.3 is 5.97 Å². The minimum absolute atomic E-state index is 0.156. The first-order chi connectivity index (χ1) is 13.5. The molecular formula is C20H29N3O5. The predicted octanol–water partition coefficient (Wildman–Crippen LogP) is 1.72. The SMILES string of the molecule is COC(=O)c1coc(CN2CCCC23CCCN(C2CCC(O)CC2)C3=O)n1. The molecule has 3 heterocycles. The molecule has 1 saturated carbocycles. The molecule has 1 unspecified atom stereocenters. The second-order valence-corrected chi connectivity index (χ2v) is 8.24. The Bertz CT molecular complexity index is 727. The van der Waals surface area contributed by atoms with Crippen molar-refractivity contribution in [3.8, 4) is 0 Å². The van der Waals surface area contributed by atoms with Crippen LogP contribution in [0.5, 0.6) is 0 Å². The molecule has 1 spiro atoms. The molecular weight excluding hydrogens is 362 g/mol. The van der Waals surface area contributed by atoms with E-state index in [1.807, 2.05) is 0 Å². The fraction of sp³-hybridized carbons (Fsp3) is 0.750. The predicted molar refractivity (Wildman–Crippen MR) is 99.4 cm³/mol. The van der Waals surface area contributed by atoms with Gasteiger partial charge in [-0.05, 0) is 57.9 Å². The van der Waals surface area contributed by atoms with Crippen molar-refractivity contribution in [3.63, 3.8) is 0 Å². The Hall–Kier alpha value is -1.93. The molecule has 3 fully saturated rings. The third kappa shape index (κ3) is 3.43. The summed E-state index contributed by atoms with van der Waals surface area (Å²) in [5.74, 6) is 0.135. The summed E-state index contributed by atoms with van der Waals surface area (Å²) in [5.41, 5.74) is -0.336. The monoisotopic (exact) mass is 391 g/mol. The van der Waals surface area contributed by atoms with Gasteiger partial charge in [0.25, 0.3) is 0 Å². The summed E-state index contributed by atoms with van der Waals surface area (Å²) in [7, 11) is 1.31. The van der Waals surface area contributed by atoms with E-state index in [4.69, 9.17) is 4.42 Å². The van der Waals surface area contributed by atoms with Crippen LogP contribution in [0, 0.1) is 0 Å². The van der Waals surface area contributed by atoms with E-state index < -0.39 is 11.5 Å². The Morgan fingerprint density at radius 3 is 2.71 bits per heavy atom. The number of rotatable bonds is 4. The zero-order valence-corrected chi connectivity index (χ0v) is 16.4. The zero-order valence-electron chi connectivity index (χ0n) is 16.4. The number of hydrogen-bond acceptors (Lipinski definition) is 7. The molecule has 1 N–H and O–H groups in total. The highest BCUT2D eigenvalue weighted by Gasteiger charge is 2.52. The third-order valence-electron chi connectivity index (χ3n) is 6.65. The van der Waals surface area contributed by atoms with E-state index in [0.717, 1.165) is 64.5 Å². The van der Waals surface area contributed by atoms with Gasteiger partial charge in [-0.15, -0.1) is 0 Å². The average molecular weight is 391 g/mol. The number of carbonyl (C=O) groups is 2. The van der Waals surface area contributed by atoms with Gasteiger partial charge in [0.2, 0.25) is 11.8 Å². The van der Waals surface area contributed by atoms with Crippen LogP contribution in [0.25, 0.3) is 0 Å². The number of hydrogen-bond donors (Lipinski definition) is 1. The largest absolute Gasteiger partial charge is 0.464 e. The van der Waals surface area contributed by atoms with Crippen LogP contribution in [0.2, 0.25) is 0 Å². The van der Waals surface area contributed by atoms with Gasteiger partial charge in [0, 0.05) is 12.6 Å². The Kier molecular flexibility index (Phi) is 5.42. The average Bonchev–Trinajstić information content (AvgIpc) is 3.33. The molecule has 1 aromatic heterocycles. The van der Waals surface area contributed by atoms with Crippen molar-refractivity contribution < 1.29 is 23.8 Å². The summed E-state index contributed by atoms with van der Waals surface area (Å²) in [5, 5.41) is 9.80. The lowest BCUT2D eigenvalue weighted by atomic mass is 9.82. The van der Waals surface area contributed by atoms with Crippen LogP contribution in [0.4, 0.5) is 0 Å². The normalized spacial score (nSPS) is 31.5. The molecule has 2 aliphatic heterocycles. The Morgan fingerprint density at radius 1 is 1.29 bits per heavy atom. The number of ether oxygens (including phenoxy) is 1. The van der Waals surface area contributed by atoms with Gasteiger partial charge in [0.1, 0.15) is 11.8 Å². The fourth-order valence-corrected chi connectivity index (χ4v) is 5.17. The van der Waals surface area contributed by atoms with E-state index >= 15 is 0 Å². The number of piperidine rings is 1. The van der Waals surface area contributed by atoms with Gasteiger partial charge in [-0.3, -0.25) is 9.69 Å². The van der Waals surface area contributed by atoms with Crippen LogP contribution in [-0.4, -0.2) is 69.7 Å². The van der Waals surface area contributed by atoms with Crippen LogP contribution in [-0.2, 0) is 16.1 Å². The number of nitrogens with zero attached hydrogens (tertiary/aromatic N) is 3. The first-order valence-electron chi connectivity index (χ1n) is 10.3. The van der Waals surface area contributed by atoms with Gasteiger partial charge in [0.15, 0.2) is 5.69 Å². The van der Waals surface area contributed by atoms with E-state index in [2.05, 4.69) is 19.5 Å². The Morgan fingerprint density at radius 2 is 2.00 bits per heavy atom. The molecule has 1 atom stereocenters. The van der Waals surface area contributed by atoms with Crippen LogP contribution in [0.3, 0.4) is 0 Å². The minimum Gasteiger partial charge on any atom is -0.464 e. The maximum atomic E-state index is 13.6. The van der Waals surface area contributed by atoms with Crippen molar-refractivity contribution in [2.24, 2.45) is 0 Å². The zero-order chi connectivity index (χ0) is 19.7. The molecule has 3 aliphatic rings. The van der Waals surface area contributed by atoms with Crippen LogP contribution in [0.1, 0.15) is 67.7 Å². The van der Waals surface area contributed by atoms with E-state index in [-0.39, 0.29) is 23.7 Å². The van der Waals surface area contributed by atoms with Crippen molar-refractivity contribution in [1.82, 2.24) is 14.8 Å². The van der Waals surface area contributed by atoms with Gasteiger partial charge in [-0.25, -0.2) is 9.78 Å². The number of methoxy groups -OCH3 is 1. The summed E-state index contributed by atoms with van der Waals surface area (Å²) in [6.07, 6.45) is 8.05. The van der Waals surface area contributed by atoms with Crippen LogP contribution < -0.4 is 0 Å². The van der Waals surface area contributed by atoms with Crippen molar-refractivity contribution in [3.05, 3.63) is 17.8 Å². The number of oxazole rings is 1. The topological polar surface area (TPSA) is 96.1 Å². The maximum Gasteiger partial charge on any atom is 0.360 e. The van der Waals surface area contributed by atoms with Crippen LogP contribution >= 0.6 is 0 Å². The van der Waals surface area contributed by atoms with E-state index in [1.54, 1.807) is 0 Å². The summed E-state index contributed by atoms with van der Waals surface area (Å²) < 4.78 is 10.1. The quantitative estimate of drug-likeness (QED) is 0.781. The first kappa shape index (κ1) is 19.4. The number of carbonyl (C=O) groups excluding carboxylic acids is 2. The smallest absolute Gasteiger partial charge is 0.360 e. The Labute approximate surface area is 164 Å². The second-order valence-electron chi connectivity index (χ2n) is 8.24.